The molecule has 4 aliphatic rings. The number of halogens is 1. The lowest BCUT2D eigenvalue weighted by Crippen LogP contribution is -2.50. The summed E-state index contributed by atoms with van der Waals surface area (Å²) in [7, 11) is 0. The lowest BCUT2D eigenvalue weighted by Gasteiger charge is -2.51. The number of benzene rings is 3. The first-order valence-corrected chi connectivity index (χ1v) is 10.7. The van der Waals surface area contributed by atoms with Gasteiger partial charge < -0.3 is 0 Å². The number of amides is 2. The molecule has 3 aromatic carbocycles. The molecule has 1 fully saturated rings. The highest BCUT2D eigenvalue weighted by molar-refractivity contribution is 9.09. The molecule has 0 N–H and O–H groups in total. The van der Waals surface area contributed by atoms with E-state index in [1.807, 2.05) is 48.5 Å². The minimum Gasteiger partial charge on any atom is -0.274 e. The fourth-order valence-electron chi connectivity index (χ4n) is 5.66. The van der Waals surface area contributed by atoms with Gasteiger partial charge >= 0.3 is 0 Å². The van der Waals surface area contributed by atoms with Crippen LogP contribution in [0.5, 0.6) is 0 Å². The van der Waals surface area contributed by atoms with E-state index in [1.165, 1.54) is 29.2 Å². The van der Waals surface area contributed by atoms with Crippen molar-refractivity contribution >= 4 is 39.1 Å². The zero-order chi connectivity index (χ0) is 21.5. The van der Waals surface area contributed by atoms with Crippen molar-refractivity contribution in [2.75, 3.05) is 4.90 Å². The zero-order valence-corrected chi connectivity index (χ0v) is 17.7. The predicted molar refractivity (Wildman–Crippen MR) is 117 cm³/mol. The van der Waals surface area contributed by atoms with E-state index in [0.29, 0.717) is 5.69 Å². The van der Waals surface area contributed by atoms with E-state index in [0.717, 1.165) is 22.3 Å². The third-order valence-corrected chi connectivity index (χ3v) is 8.18. The van der Waals surface area contributed by atoms with Gasteiger partial charge in [-0.3, -0.25) is 19.7 Å². The molecule has 0 radical (unpaired) electrons. The Morgan fingerprint density at radius 1 is 0.839 bits per heavy atom. The summed E-state index contributed by atoms with van der Waals surface area (Å²) in [5.41, 5.74) is 4.44. The largest absolute Gasteiger partial charge is 0.274 e. The predicted octanol–water partition coefficient (Wildman–Crippen LogP) is 4.50. The van der Waals surface area contributed by atoms with Crippen LogP contribution in [0.2, 0.25) is 0 Å². The lowest BCUT2D eigenvalue weighted by molar-refractivity contribution is -0.384. The summed E-state index contributed by atoms with van der Waals surface area (Å²) in [6, 6.07) is 21.5. The minimum absolute atomic E-state index is 0.0860. The summed E-state index contributed by atoms with van der Waals surface area (Å²) in [5.74, 6) is -1.88. The van der Waals surface area contributed by atoms with Gasteiger partial charge in [-0.1, -0.05) is 64.5 Å². The van der Waals surface area contributed by atoms with E-state index in [-0.39, 0.29) is 23.4 Å². The molecular formula is C24H15BrN2O4. The van der Waals surface area contributed by atoms with Crippen LogP contribution >= 0.6 is 15.9 Å². The summed E-state index contributed by atoms with van der Waals surface area (Å²) in [4.78, 5) is 39.1. The smallest absolute Gasteiger partial charge is 0.269 e. The van der Waals surface area contributed by atoms with Crippen LogP contribution in [0, 0.1) is 22.0 Å². The van der Waals surface area contributed by atoms with Gasteiger partial charge in [0.25, 0.3) is 5.69 Å². The van der Waals surface area contributed by atoms with E-state index < -0.39 is 21.1 Å². The molecule has 2 bridgehead atoms. The number of alkyl halides is 1. The number of non-ortho nitro benzene ring substituents is 1. The number of imide groups is 1. The normalized spacial score (nSPS) is 27.6. The van der Waals surface area contributed by atoms with Crippen LogP contribution in [-0.2, 0) is 13.9 Å². The number of anilines is 1. The molecule has 7 rings (SSSR count). The van der Waals surface area contributed by atoms with Crippen LogP contribution in [0.1, 0.15) is 28.2 Å². The van der Waals surface area contributed by atoms with Crippen LogP contribution in [-0.4, -0.2) is 16.7 Å². The van der Waals surface area contributed by atoms with Gasteiger partial charge in [-0.2, -0.15) is 0 Å². The van der Waals surface area contributed by atoms with Gasteiger partial charge in [0.05, 0.1) is 26.8 Å². The first kappa shape index (κ1) is 18.4. The fraction of sp³-hybridized carbons (Fsp3) is 0.167. The molecule has 0 aromatic heterocycles. The number of nitro benzene ring substituents is 1. The monoisotopic (exact) mass is 474 g/mol. The van der Waals surface area contributed by atoms with Crippen molar-refractivity contribution < 1.29 is 14.5 Å². The van der Waals surface area contributed by atoms with Crippen molar-refractivity contribution in [1.82, 2.24) is 0 Å². The number of carbonyl (C=O) groups is 2. The molecule has 3 aromatic rings. The maximum atomic E-state index is 13.7. The van der Waals surface area contributed by atoms with Crippen LogP contribution in [0.25, 0.3) is 0 Å². The molecule has 3 aliphatic carbocycles. The van der Waals surface area contributed by atoms with E-state index in [1.54, 1.807) is 0 Å². The number of nitrogens with zero attached hydrogens (tertiary/aromatic N) is 2. The Balaban J connectivity index is 1.55. The summed E-state index contributed by atoms with van der Waals surface area (Å²) in [6.45, 7) is 0. The molecule has 0 saturated carbocycles. The second-order valence-electron chi connectivity index (χ2n) is 8.15. The second kappa shape index (κ2) is 6.11. The molecule has 1 saturated heterocycles. The quantitative estimate of drug-likeness (QED) is 0.237. The summed E-state index contributed by atoms with van der Waals surface area (Å²) in [6.07, 6.45) is 0. The summed E-state index contributed by atoms with van der Waals surface area (Å²) < 4.78 is -0.804. The molecule has 152 valence electrons. The number of rotatable bonds is 2. The van der Waals surface area contributed by atoms with Crippen molar-refractivity contribution in [1.29, 1.82) is 0 Å². The fourth-order valence-corrected chi connectivity index (χ4v) is 6.86. The van der Waals surface area contributed by atoms with Gasteiger partial charge in [0.2, 0.25) is 11.8 Å². The Bertz CT molecular complexity index is 1260. The van der Waals surface area contributed by atoms with Gasteiger partial charge in [0.1, 0.15) is 0 Å². The third kappa shape index (κ3) is 2.16. The van der Waals surface area contributed by atoms with Crippen molar-refractivity contribution in [2.24, 2.45) is 11.8 Å². The first-order valence-electron chi connectivity index (χ1n) is 9.94. The average molecular weight is 475 g/mol. The van der Waals surface area contributed by atoms with E-state index in [9.17, 15) is 19.7 Å². The molecule has 31 heavy (non-hydrogen) atoms. The van der Waals surface area contributed by atoms with E-state index >= 15 is 0 Å². The first-order chi connectivity index (χ1) is 14.9. The molecule has 2 atom stereocenters. The highest BCUT2D eigenvalue weighted by Gasteiger charge is 2.67. The number of hydrogen-bond donors (Lipinski definition) is 0. The average Bonchev–Trinajstić information content (AvgIpc) is 3.06. The van der Waals surface area contributed by atoms with Crippen molar-refractivity contribution in [3.8, 4) is 0 Å². The van der Waals surface area contributed by atoms with Crippen molar-refractivity contribution in [3.63, 3.8) is 0 Å². The van der Waals surface area contributed by atoms with Crippen molar-refractivity contribution in [3.05, 3.63) is 105 Å². The zero-order valence-electron chi connectivity index (χ0n) is 16.1. The lowest BCUT2D eigenvalue weighted by atomic mass is 9.55. The highest BCUT2D eigenvalue weighted by atomic mass is 79.9. The Morgan fingerprint density at radius 2 is 1.39 bits per heavy atom. The maximum Gasteiger partial charge on any atom is 0.269 e. The second-order valence-corrected chi connectivity index (χ2v) is 9.40. The maximum absolute atomic E-state index is 13.7. The van der Waals surface area contributed by atoms with Gasteiger partial charge in [-0.25, -0.2) is 4.90 Å². The van der Waals surface area contributed by atoms with E-state index in [4.69, 9.17) is 0 Å². The van der Waals surface area contributed by atoms with E-state index in [2.05, 4.69) is 15.9 Å². The summed E-state index contributed by atoms with van der Waals surface area (Å²) in [5, 5.41) is 11.0. The summed E-state index contributed by atoms with van der Waals surface area (Å²) >= 11 is 3.95. The van der Waals surface area contributed by atoms with Crippen LogP contribution < -0.4 is 4.90 Å². The van der Waals surface area contributed by atoms with Crippen LogP contribution in [0.3, 0.4) is 0 Å². The van der Waals surface area contributed by atoms with Crippen molar-refractivity contribution in [2.45, 2.75) is 10.2 Å². The molecule has 0 spiro atoms. The molecule has 7 heteroatoms. The van der Waals surface area contributed by atoms with Crippen LogP contribution in [0.15, 0.2) is 72.8 Å². The third-order valence-electron chi connectivity index (χ3n) is 6.83. The Morgan fingerprint density at radius 3 is 1.94 bits per heavy atom. The number of nitro groups is 1. The molecule has 0 unspecified atom stereocenters. The minimum atomic E-state index is -0.804. The molecule has 6 nitrogen and oxygen atoms in total. The standard InChI is InChI=1S/C24H15BrN2O4/c25-24-17-7-3-1-5-15(17)19(16-6-2-4-8-18(16)24)20-21(24)23(29)26(22(20)28)13-9-11-14(12-10-13)27(30)31/h1-12,19-21H/t19?,20-,21-,24?/m1/s1. The van der Waals surface area contributed by atoms with Gasteiger partial charge in [-0.15, -0.1) is 0 Å². The molecule has 2 amide bonds. The molecular weight excluding hydrogens is 460 g/mol. The molecule has 1 aliphatic heterocycles. The molecule has 1 heterocycles. The Kier molecular flexibility index (Phi) is 3.63. The Hall–Kier alpha value is -3.32. The van der Waals surface area contributed by atoms with Gasteiger partial charge in [-0.05, 0) is 34.4 Å². The SMILES string of the molecule is O=C1[C@@H]2C3c4ccccc4C(Br)(c4ccccc43)[C@H]2C(=O)N1c1ccc([N+](=O)[O-])cc1. The number of carbonyl (C=O) groups excluding carboxylic acids is 2. The Labute approximate surface area is 185 Å². The van der Waals surface area contributed by atoms with Crippen LogP contribution in [0.4, 0.5) is 11.4 Å². The number of hydrogen-bond acceptors (Lipinski definition) is 4. The highest BCUT2D eigenvalue weighted by Crippen LogP contribution is 2.66. The van der Waals surface area contributed by atoms with Gasteiger partial charge in [0.15, 0.2) is 0 Å². The topological polar surface area (TPSA) is 80.5 Å². The van der Waals surface area contributed by atoms with Gasteiger partial charge in [0, 0.05) is 18.1 Å².